The maximum atomic E-state index is 11.7. The van der Waals surface area contributed by atoms with Gasteiger partial charge in [0.1, 0.15) is 16.5 Å². The van der Waals surface area contributed by atoms with Crippen LogP contribution in [0.15, 0.2) is 36.5 Å². The molecule has 0 aliphatic heterocycles. The molecule has 7 heteroatoms. The minimum atomic E-state index is -0.685. The van der Waals surface area contributed by atoms with E-state index in [1.807, 2.05) is 6.92 Å². The first kappa shape index (κ1) is 18.4. The summed E-state index contributed by atoms with van der Waals surface area (Å²) in [6.45, 7) is 3.95. The number of aromatic nitrogens is 1. The van der Waals surface area contributed by atoms with E-state index in [9.17, 15) is 4.79 Å². The lowest BCUT2D eigenvalue weighted by molar-refractivity contribution is -0.151. The summed E-state index contributed by atoms with van der Waals surface area (Å²) in [5, 5.41) is 0.746. The average molecular weight is 370 g/mol. The van der Waals surface area contributed by atoms with Gasteiger partial charge in [0, 0.05) is 6.20 Å². The van der Waals surface area contributed by atoms with Crippen LogP contribution in [-0.4, -0.2) is 23.7 Å². The molecule has 1 atom stereocenters. The first-order valence-corrected chi connectivity index (χ1v) is 8.17. The van der Waals surface area contributed by atoms with Crippen LogP contribution < -0.4 is 9.47 Å². The van der Waals surface area contributed by atoms with Crippen LogP contribution in [0.1, 0.15) is 20.3 Å². The summed E-state index contributed by atoms with van der Waals surface area (Å²) in [5.74, 6) is 0.916. The molecule has 0 bridgehead atoms. The lowest BCUT2D eigenvalue weighted by Crippen LogP contribution is -2.26. The summed E-state index contributed by atoms with van der Waals surface area (Å²) in [6, 6.07) is 8.29. The molecule has 1 heterocycles. The highest BCUT2D eigenvalue weighted by Crippen LogP contribution is 2.30. The van der Waals surface area contributed by atoms with Crippen molar-refractivity contribution in [1.29, 1.82) is 0 Å². The number of ether oxygens (including phenoxy) is 3. The fourth-order valence-electron chi connectivity index (χ4n) is 1.75. The van der Waals surface area contributed by atoms with E-state index in [0.717, 1.165) is 6.42 Å². The van der Waals surface area contributed by atoms with Crippen LogP contribution >= 0.6 is 23.2 Å². The predicted octanol–water partition coefficient (Wildman–Crippen LogP) is 4.90. The molecular formula is C17H17Cl2NO4. The van der Waals surface area contributed by atoms with Crippen molar-refractivity contribution in [1.82, 2.24) is 4.98 Å². The zero-order valence-corrected chi connectivity index (χ0v) is 14.8. The molecule has 0 saturated carbocycles. The van der Waals surface area contributed by atoms with E-state index in [4.69, 9.17) is 37.4 Å². The summed E-state index contributed by atoms with van der Waals surface area (Å²) >= 11 is 11.8. The number of carbonyl (C=O) groups excluding carboxylic acids is 1. The van der Waals surface area contributed by atoms with Crippen molar-refractivity contribution in [3.05, 3.63) is 46.6 Å². The summed E-state index contributed by atoms with van der Waals surface area (Å²) in [6.07, 6.45) is 1.53. The second kappa shape index (κ2) is 8.76. The summed E-state index contributed by atoms with van der Waals surface area (Å²) in [4.78, 5) is 15.7. The van der Waals surface area contributed by atoms with Crippen LogP contribution in [0.3, 0.4) is 0 Å². The number of rotatable bonds is 7. The van der Waals surface area contributed by atoms with Gasteiger partial charge in [0.15, 0.2) is 6.10 Å². The predicted molar refractivity (Wildman–Crippen MR) is 92.1 cm³/mol. The number of carbonyl (C=O) groups is 1. The lowest BCUT2D eigenvalue weighted by Gasteiger charge is -2.14. The van der Waals surface area contributed by atoms with Gasteiger partial charge >= 0.3 is 5.97 Å². The van der Waals surface area contributed by atoms with E-state index in [1.165, 1.54) is 6.20 Å². The second-order valence-corrected chi connectivity index (χ2v) is 5.79. The third kappa shape index (κ3) is 5.28. The molecule has 0 radical (unpaired) electrons. The monoisotopic (exact) mass is 369 g/mol. The maximum Gasteiger partial charge on any atom is 0.347 e. The fraction of sp³-hybridized carbons (Fsp3) is 0.294. The summed E-state index contributed by atoms with van der Waals surface area (Å²) < 4.78 is 16.1. The second-order valence-electron chi connectivity index (χ2n) is 4.94. The molecule has 0 aliphatic carbocycles. The van der Waals surface area contributed by atoms with Crippen molar-refractivity contribution >= 4 is 29.2 Å². The normalized spacial score (nSPS) is 11.7. The van der Waals surface area contributed by atoms with Gasteiger partial charge in [0.2, 0.25) is 5.88 Å². The van der Waals surface area contributed by atoms with Crippen LogP contribution in [0.2, 0.25) is 10.0 Å². The van der Waals surface area contributed by atoms with Gasteiger partial charge in [-0.05, 0) is 43.7 Å². The van der Waals surface area contributed by atoms with E-state index < -0.39 is 12.1 Å². The van der Waals surface area contributed by atoms with Gasteiger partial charge in [-0.3, -0.25) is 0 Å². The Labute approximate surface area is 150 Å². The van der Waals surface area contributed by atoms with Crippen molar-refractivity contribution in [2.24, 2.45) is 0 Å². The van der Waals surface area contributed by atoms with E-state index >= 15 is 0 Å². The molecule has 0 fully saturated rings. The highest BCUT2D eigenvalue weighted by molar-refractivity contribution is 6.35. The van der Waals surface area contributed by atoms with Crippen LogP contribution in [0.4, 0.5) is 0 Å². The molecule has 24 heavy (non-hydrogen) atoms. The van der Waals surface area contributed by atoms with Gasteiger partial charge in [-0.1, -0.05) is 30.1 Å². The van der Waals surface area contributed by atoms with Crippen molar-refractivity contribution < 1.29 is 19.0 Å². The number of esters is 1. The topological polar surface area (TPSA) is 57.7 Å². The molecule has 2 rings (SSSR count). The molecule has 0 N–H and O–H groups in total. The zero-order chi connectivity index (χ0) is 17.5. The Morgan fingerprint density at radius 3 is 2.50 bits per heavy atom. The molecule has 0 amide bonds. The van der Waals surface area contributed by atoms with Crippen molar-refractivity contribution in [3.8, 4) is 17.4 Å². The SMILES string of the molecule is CCCOC(=O)[C@@H](C)Oc1ccc(Oc2ncc(Cl)cc2Cl)cc1. The van der Waals surface area contributed by atoms with Gasteiger partial charge in [-0.25, -0.2) is 9.78 Å². The molecule has 1 aromatic carbocycles. The number of hydrogen-bond donors (Lipinski definition) is 0. The highest BCUT2D eigenvalue weighted by atomic mass is 35.5. The highest BCUT2D eigenvalue weighted by Gasteiger charge is 2.16. The van der Waals surface area contributed by atoms with Crippen LogP contribution in [0.5, 0.6) is 17.4 Å². The van der Waals surface area contributed by atoms with Gasteiger partial charge < -0.3 is 14.2 Å². The number of pyridine rings is 1. The molecule has 0 spiro atoms. The third-order valence-corrected chi connectivity index (χ3v) is 3.38. The maximum absolute atomic E-state index is 11.7. The molecule has 1 aromatic heterocycles. The Kier molecular flexibility index (Phi) is 6.70. The van der Waals surface area contributed by atoms with Crippen molar-refractivity contribution in [3.63, 3.8) is 0 Å². The Hall–Kier alpha value is -1.98. The standard InChI is InChI=1S/C17H17Cl2NO4/c1-3-8-22-17(21)11(2)23-13-4-6-14(7-5-13)24-16-15(19)9-12(18)10-20-16/h4-7,9-11H,3,8H2,1-2H3/t11-/m1/s1. The number of hydrogen-bond acceptors (Lipinski definition) is 5. The first-order chi connectivity index (χ1) is 11.5. The minimum Gasteiger partial charge on any atom is -0.479 e. The van der Waals surface area contributed by atoms with E-state index in [-0.39, 0.29) is 5.88 Å². The summed E-state index contributed by atoms with van der Waals surface area (Å²) in [7, 11) is 0. The zero-order valence-electron chi connectivity index (χ0n) is 13.3. The molecule has 0 aliphatic rings. The van der Waals surface area contributed by atoms with Crippen molar-refractivity contribution in [2.45, 2.75) is 26.4 Å². The van der Waals surface area contributed by atoms with Crippen molar-refractivity contribution in [2.75, 3.05) is 6.61 Å². The summed E-state index contributed by atoms with van der Waals surface area (Å²) in [5.41, 5.74) is 0. The minimum absolute atomic E-state index is 0.256. The lowest BCUT2D eigenvalue weighted by atomic mass is 10.3. The Balaban J connectivity index is 1.96. The smallest absolute Gasteiger partial charge is 0.347 e. The van der Waals surface area contributed by atoms with Gasteiger partial charge in [0.05, 0.1) is 11.6 Å². The van der Waals surface area contributed by atoms with E-state index in [1.54, 1.807) is 37.3 Å². The van der Waals surface area contributed by atoms with E-state index in [2.05, 4.69) is 4.98 Å². The fourth-order valence-corrected chi connectivity index (χ4v) is 2.17. The average Bonchev–Trinajstić information content (AvgIpc) is 2.56. The Bertz CT molecular complexity index is 691. The Morgan fingerprint density at radius 1 is 1.21 bits per heavy atom. The largest absolute Gasteiger partial charge is 0.479 e. The third-order valence-electron chi connectivity index (χ3n) is 2.91. The molecule has 128 valence electrons. The molecule has 5 nitrogen and oxygen atoms in total. The molecular weight excluding hydrogens is 353 g/mol. The number of benzene rings is 1. The Morgan fingerprint density at radius 2 is 1.88 bits per heavy atom. The van der Waals surface area contributed by atoms with Gasteiger partial charge in [0.25, 0.3) is 0 Å². The first-order valence-electron chi connectivity index (χ1n) is 7.42. The quantitative estimate of drug-likeness (QED) is 0.649. The van der Waals surface area contributed by atoms with E-state index in [0.29, 0.717) is 28.2 Å². The number of halogens is 2. The molecule has 2 aromatic rings. The molecule has 0 saturated heterocycles. The molecule has 0 unspecified atom stereocenters. The van der Waals surface area contributed by atoms with Crippen LogP contribution in [-0.2, 0) is 9.53 Å². The van der Waals surface area contributed by atoms with Gasteiger partial charge in [-0.15, -0.1) is 0 Å². The van der Waals surface area contributed by atoms with Gasteiger partial charge in [-0.2, -0.15) is 0 Å². The van der Waals surface area contributed by atoms with Crippen LogP contribution in [0, 0.1) is 0 Å². The number of nitrogens with zero attached hydrogens (tertiary/aromatic N) is 1. The van der Waals surface area contributed by atoms with Crippen LogP contribution in [0.25, 0.3) is 0 Å².